The van der Waals surface area contributed by atoms with Gasteiger partial charge in [0.25, 0.3) is 0 Å². The van der Waals surface area contributed by atoms with Crippen LogP contribution in [0.2, 0.25) is 5.02 Å². The van der Waals surface area contributed by atoms with Gasteiger partial charge in [0.15, 0.2) is 17.3 Å². The summed E-state index contributed by atoms with van der Waals surface area (Å²) in [4.78, 5) is 57.8. The van der Waals surface area contributed by atoms with Gasteiger partial charge in [0, 0.05) is 25.2 Å². The van der Waals surface area contributed by atoms with Gasteiger partial charge >= 0.3 is 25.1 Å². The number of carbonyl (C=O) groups is 4. The minimum atomic E-state index is -1.74. The fourth-order valence-corrected chi connectivity index (χ4v) is 9.56. The van der Waals surface area contributed by atoms with Gasteiger partial charge in [-0.25, -0.2) is 28.1 Å². The predicted octanol–water partition coefficient (Wildman–Crippen LogP) is 5.43. The fraction of sp³-hybridized carbons (Fsp3) is 0.610. The molecule has 0 radical (unpaired) electrons. The van der Waals surface area contributed by atoms with Crippen LogP contribution in [0.4, 0.5) is 18.4 Å². The highest BCUT2D eigenvalue weighted by atomic mass is 35.5. The summed E-state index contributed by atoms with van der Waals surface area (Å²) >= 11 is 6.80. The maximum absolute atomic E-state index is 15.7. The Kier molecular flexibility index (Phi) is 12.9. The number of esters is 1. The Morgan fingerprint density at radius 1 is 1.02 bits per heavy atom. The summed E-state index contributed by atoms with van der Waals surface area (Å²) < 4.78 is 66.3. The number of ether oxygens (including phenoxy) is 4. The Morgan fingerprint density at radius 2 is 1.70 bits per heavy atom. The summed E-state index contributed by atoms with van der Waals surface area (Å²) in [5, 5.41) is 5.29. The number of methoxy groups -OCH3 is 3. The first kappa shape index (κ1) is 45.1. The van der Waals surface area contributed by atoms with Crippen molar-refractivity contribution in [2.75, 3.05) is 47.5 Å². The van der Waals surface area contributed by atoms with Gasteiger partial charge in [0.1, 0.15) is 28.8 Å². The Bertz CT molecular complexity index is 2020. The lowest BCUT2D eigenvalue weighted by atomic mass is 9.43. The van der Waals surface area contributed by atoms with Crippen molar-refractivity contribution in [2.45, 2.75) is 96.5 Å². The summed E-state index contributed by atoms with van der Waals surface area (Å²) in [6, 6.07) is 0.160. The molecule has 19 heteroatoms. The molecule has 3 saturated carbocycles. The van der Waals surface area contributed by atoms with E-state index in [1.807, 2.05) is 6.92 Å². The SMILES string of the molecule is COc1c(F)cc(C(NC(=O)N2CCN(CCCN)C2=O)C(=O)N[C@@H](Cc2ccc(F)c(C(=O)OC(C)(C)C)c2OC)B2O[C@@H]3C[C@@H]4C[C@@H](C4(C)C)[C@]3(C)O2)c(Cl)c1OC. The smallest absolute Gasteiger partial charge is 0.482 e. The molecule has 2 heterocycles. The van der Waals surface area contributed by atoms with Gasteiger partial charge in [-0.3, -0.25) is 4.79 Å². The molecule has 15 nitrogen and oxygen atoms in total. The number of hydrogen-bond acceptors (Lipinski definition) is 11. The number of amides is 5. The normalized spacial score (nSPS) is 24.0. The monoisotopic (exact) mass is 861 g/mol. The van der Waals surface area contributed by atoms with E-state index >= 15 is 8.78 Å². The lowest BCUT2D eigenvalue weighted by molar-refractivity contribution is -0.199. The lowest BCUT2D eigenvalue weighted by Crippen LogP contribution is -2.65. The molecule has 3 aliphatic carbocycles. The average Bonchev–Trinajstić information content (AvgIpc) is 3.74. The highest BCUT2D eigenvalue weighted by Crippen LogP contribution is 2.65. The third-order valence-corrected chi connectivity index (χ3v) is 12.8. The van der Waals surface area contributed by atoms with E-state index < -0.39 is 71.4 Å². The van der Waals surface area contributed by atoms with E-state index in [4.69, 9.17) is 45.6 Å². The molecule has 5 fully saturated rings. The molecule has 2 aromatic carbocycles. The first-order valence-corrected chi connectivity index (χ1v) is 20.5. The number of hydrogen-bond donors (Lipinski definition) is 3. The van der Waals surface area contributed by atoms with E-state index in [-0.39, 0.29) is 70.3 Å². The molecule has 0 aromatic heterocycles. The van der Waals surface area contributed by atoms with Crippen LogP contribution in [-0.4, -0.2) is 112 Å². The topological polar surface area (TPSA) is 180 Å². The van der Waals surface area contributed by atoms with E-state index in [9.17, 15) is 19.2 Å². The minimum absolute atomic E-state index is 0.00675. The maximum atomic E-state index is 15.7. The number of carbonyl (C=O) groups excluding carboxylic acids is 4. The van der Waals surface area contributed by atoms with Gasteiger partial charge in [-0.2, -0.15) is 0 Å². The summed E-state index contributed by atoms with van der Waals surface area (Å²) in [7, 11) is 2.62. The number of benzene rings is 2. The number of urea groups is 2. The van der Waals surface area contributed by atoms with Crippen LogP contribution in [0.25, 0.3) is 0 Å². The first-order valence-electron chi connectivity index (χ1n) is 20.1. The molecular formula is C41H55BClF2N5O10. The molecule has 2 saturated heterocycles. The van der Waals surface area contributed by atoms with Crippen LogP contribution < -0.4 is 30.6 Å². The zero-order valence-corrected chi connectivity index (χ0v) is 36.3. The van der Waals surface area contributed by atoms with Crippen LogP contribution >= 0.6 is 11.6 Å². The van der Waals surface area contributed by atoms with Gasteiger partial charge in [-0.05, 0) is 94.9 Å². The van der Waals surface area contributed by atoms with Crippen LogP contribution in [0, 0.1) is 28.9 Å². The molecule has 5 aliphatic rings. The fourth-order valence-electron chi connectivity index (χ4n) is 9.24. The molecule has 60 heavy (non-hydrogen) atoms. The van der Waals surface area contributed by atoms with E-state index in [0.29, 0.717) is 31.8 Å². The molecule has 328 valence electrons. The van der Waals surface area contributed by atoms with Crippen molar-refractivity contribution in [3.05, 3.63) is 51.5 Å². The van der Waals surface area contributed by atoms with E-state index in [2.05, 4.69) is 24.5 Å². The highest BCUT2D eigenvalue weighted by Gasteiger charge is 2.68. The van der Waals surface area contributed by atoms with Crippen LogP contribution in [-0.2, 0) is 25.3 Å². The summed E-state index contributed by atoms with van der Waals surface area (Å²) in [6.07, 6.45) is 1.68. The van der Waals surface area contributed by atoms with Crippen LogP contribution in [0.5, 0.6) is 17.2 Å². The average molecular weight is 862 g/mol. The number of halogens is 3. The van der Waals surface area contributed by atoms with Gasteiger partial charge in [-0.1, -0.05) is 31.5 Å². The van der Waals surface area contributed by atoms with Gasteiger partial charge < -0.3 is 49.5 Å². The largest absolute Gasteiger partial charge is 0.495 e. The lowest BCUT2D eigenvalue weighted by Gasteiger charge is -2.64. The van der Waals surface area contributed by atoms with E-state index in [0.717, 1.165) is 23.5 Å². The number of rotatable bonds is 14. The van der Waals surface area contributed by atoms with Crippen LogP contribution in [0.1, 0.15) is 88.3 Å². The Hall–Kier alpha value is -4.39. The summed E-state index contributed by atoms with van der Waals surface area (Å²) in [5.74, 6) is -4.98. The Balaban J connectivity index is 1.40. The van der Waals surface area contributed by atoms with Crippen molar-refractivity contribution in [2.24, 2.45) is 23.0 Å². The van der Waals surface area contributed by atoms with Gasteiger partial charge in [0.05, 0.1) is 44.0 Å². The van der Waals surface area contributed by atoms with Crippen molar-refractivity contribution in [3.8, 4) is 17.2 Å². The molecule has 2 bridgehead atoms. The van der Waals surface area contributed by atoms with E-state index in [1.165, 1.54) is 32.3 Å². The molecule has 7 rings (SSSR count). The summed E-state index contributed by atoms with van der Waals surface area (Å²) in [5.41, 5.74) is 3.54. The number of nitrogens with two attached hydrogens (primary N) is 1. The van der Waals surface area contributed by atoms with Gasteiger partial charge in [-0.15, -0.1) is 0 Å². The van der Waals surface area contributed by atoms with Crippen molar-refractivity contribution < 1.29 is 56.2 Å². The van der Waals surface area contributed by atoms with Crippen molar-refractivity contribution in [3.63, 3.8) is 0 Å². The third kappa shape index (κ3) is 8.31. The highest BCUT2D eigenvalue weighted by molar-refractivity contribution is 6.48. The Labute approximate surface area is 354 Å². The third-order valence-electron chi connectivity index (χ3n) is 12.4. The predicted molar refractivity (Wildman–Crippen MR) is 217 cm³/mol. The van der Waals surface area contributed by atoms with Crippen LogP contribution in [0.15, 0.2) is 18.2 Å². The quantitative estimate of drug-likeness (QED) is 0.163. The van der Waals surface area contributed by atoms with Crippen LogP contribution in [0.3, 0.4) is 0 Å². The maximum Gasteiger partial charge on any atom is 0.482 e. The number of nitrogens with one attached hydrogen (secondary N) is 2. The molecule has 4 N–H and O–H groups in total. The molecular weight excluding hydrogens is 807 g/mol. The zero-order valence-electron chi connectivity index (χ0n) is 35.5. The Morgan fingerprint density at radius 3 is 2.32 bits per heavy atom. The molecule has 6 atom stereocenters. The van der Waals surface area contributed by atoms with Crippen molar-refractivity contribution in [1.29, 1.82) is 0 Å². The number of nitrogens with zero attached hydrogens (tertiary/aromatic N) is 2. The van der Waals surface area contributed by atoms with Crippen molar-refractivity contribution in [1.82, 2.24) is 20.4 Å². The standard InChI is InChI=1S/C41H55BClF2N5O10/c1-39(2,3)58-36(52)29-24(44)12-11-21(32(29)55-7)17-28(42-59-27-19-22-18-26(40(22,4)5)41(27,6)60-42)47-35(51)31(23-20-25(45)33(56-8)34(57-9)30(23)43)48-37(53)50-16-15-49(38(50)54)14-10-13-46/h11-12,20,22,26-28,31H,10,13-19,46H2,1-9H3,(H,47,51)(H,48,53)/t22-,26-,27+,28-,31?,41-/m0/s1. The molecule has 2 aliphatic heterocycles. The first-order chi connectivity index (χ1) is 28.2. The number of imide groups is 1. The molecule has 1 unspecified atom stereocenters. The zero-order chi connectivity index (χ0) is 44.1. The second-order valence-corrected chi connectivity index (χ2v) is 17.9. The molecule has 0 spiro atoms. The summed E-state index contributed by atoms with van der Waals surface area (Å²) in [6.45, 7) is 12.2. The van der Waals surface area contributed by atoms with E-state index in [1.54, 1.807) is 20.8 Å². The minimum Gasteiger partial charge on any atom is -0.495 e. The molecule has 2 aromatic rings. The van der Waals surface area contributed by atoms with Gasteiger partial charge in [0.2, 0.25) is 5.91 Å². The van der Waals surface area contributed by atoms with Crippen molar-refractivity contribution >= 4 is 42.7 Å². The second kappa shape index (κ2) is 17.2. The molecule has 5 amide bonds. The second-order valence-electron chi connectivity index (χ2n) is 17.5.